The van der Waals surface area contributed by atoms with Gasteiger partial charge in [-0.1, -0.05) is 57.9 Å². The average molecular weight is 407 g/mol. The van der Waals surface area contributed by atoms with E-state index in [4.69, 9.17) is 10.8 Å². The molecular weight excluding hydrogens is 372 g/mol. The number of nitrogens with two attached hydrogens (primary N) is 1. The summed E-state index contributed by atoms with van der Waals surface area (Å²) in [5.41, 5.74) is 7.51. The minimum Gasteiger partial charge on any atom is -0.480 e. The number of amides is 4. The third-order valence-corrected chi connectivity index (χ3v) is 4.28. The average Bonchev–Trinajstić information content (AvgIpc) is 2.61. The zero-order valence-electron chi connectivity index (χ0n) is 17.6. The Kier molecular flexibility index (Phi) is 9.99. The number of primary amides is 1. The molecule has 1 aromatic carbocycles. The molecule has 0 aliphatic carbocycles. The SMILES string of the molecule is CC(C)(C)Cc1ccc(CNC(=O)NCCCCC[C@H](NC(N)=O)C(=O)O)cc1. The van der Waals surface area contributed by atoms with Gasteiger partial charge in [0.25, 0.3) is 0 Å². The van der Waals surface area contributed by atoms with Crippen molar-refractivity contribution in [1.82, 2.24) is 16.0 Å². The van der Waals surface area contributed by atoms with Gasteiger partial charge in [0.15, 0.2) is 0 Å². The summed E-state index contributed by atoms with van der Waals surface area (Å²) in [7, 11) is 0. The van der Waals surface area contributed by atoms with Gasteiger partial charge in [0.1, 0.15) is 6.04 Å². The van der Waals surface area contributed by atoms with Gasteiger partial charge in [-0.25, -0.2) is 14.4 Å². The highest BCUT2D eigenvalue weighted by molar-refractivity contribution is 5.81. The normalized spacial score (nSPS) is 12.1. The van der Waals surface area contributed by atoms with E-state index in [1.807, 2.05) is 12.1 Å². The maximum absolute atomic E-state index is 11.9. The number of unbranched alkanes of at least 4 members (excludes halogenated alkanes) is 2. The maximum Gasteiger partial charge on any atom is 0.326 e. The van der Waals surface area contributed by atoms with Crippen molar-refractivity contribution in [2.45, 2.75) is 65.5 Å². The minimum atomic E-state index is -1.10. The predicted molar refractivity (Wildman–Crippen MR) is 112 cm³/mol. The molecule has 0 spiro atoms. The molecule has 0 fully saturated rings. The lowest BCUT2D eigenvalue weighted by Gasteiger charge is -2.18. The number of carboxylic acid groups (broad SMARTS) is 1. The number of hydrogen-bond donors (Lipinski definition) is 5. The molecule has 0 unspecified atom stereocenters. The fourth-order valence-corrected chi connectivity index (χ4v) is 2.91. The van der Waals surface area contributed by atoms with Crippen molar-refractivity contribution in [3.63, 3.8) is 0 Å². The second kappa shape index (κ2) is 11.9. The Labute approximate surface area is 172 Å². The Bertz CT molecular complexity index is 668. The van der Waals surface area contributed by atoms with Crippen molar-refractivity contribution in [2.24, 2.45) is 11.1 Å². The number of nitrogens with one attached hydrogen (secondary N) is 3. The van der Waals surface area contributed by atoms with Crippen molar-refractivity contribution in [3.05, 3.63) is 35.4 Å². The van der Waals surface area contributed by atoms with Crippen LogP contribution in [0.2, 0.25) is 0 Å². The first-order valence-electron chi connectivity index (χ1n) is 9.95. The zero-order chi connectivity index (χ0) is 21.9. The Morgan fingerprint density at radius 3 is 2.17 bits per heavy atom. The summed E-state index contributed by atoms with van der Waals surface area (Å²) < 4.78 is 0. The van der Waals surface area contributed by atoms with Gasteiger partial charge in [-0.3, -0.25) is 0 Å². The van der Waals surface area contributed by atoms with Crippen molar-refractivity contribution < 1.29 is 19.5 Å². The summed E-state index contributed by atoms with van der Waals surface area (Å²) in [4.78, 5) is 33.6. The molecule has 0 aliphatic heterocycles. The number of rotatable bonds is 11. The Balaban J connectivity index is 2.18. The van der Waals surface area contributed by atoms with E-state index in [1.54, 1.807) is 0 Å². The van der Waals surface area contributed by atoms with Crippen molar-refractivity contribution >= 4 is 18.0 Å². The van der Waals surface area contributed by atoms with E-state index in [0.717, 1.165) is 24.8 Å². The van der Waals surface area contributed by atoms with Gasteiger partial charge in [0.05, 0.1) is 0 Å². The molecule has 0 saturated carbocycles. The van der Waals surface area contributed by atoms with Crippen LogP contribution in [0.25, 0.3) is 0 Å². The molecule has 0 bridgehead atoms. The van der Waals surface area contributed by atoms with E-state index in [9.17, 15) is 14.4 Å². The van der Waals surface area contributed by atoms with Crippen LogP contribution >= 0.6 is 0 Å². The number of hydrogen-bond acceptors (Lipinski definition) is 3. The van der Waals surface area contributed by atoms with Crippen LogP contribution in [0, 0.1) is 5.41 Å². The van der Waals surface area contributed by atoms with Gasteiger partial charge < -0.3 is 26.8 Å². The molecule has 1 atom stereocenters. The fraction of sp³-hybridized carbons (Fsp3) is 0.571. The molecule has 0 radical (unpaired) electrons. The van der Waals surface area contributed by atoms with Gasteiger partial charge >= 0.3 is 18.0 Å². The van der Waals surface area contributed by atoms with Gasteiger partial charge in [-0.05, 0) is 35.8 Å². The lowest BCUT2D eigenvalue weighted by atomic mass is 9.88. The predicted octanol–water partition coefficient (Wildman–Crippen LogP) is 2.76. The monoisotopic (exact) mass is 406 g/mol. The van der Waals surface area contributed by atoms with Crippen molar-refractivity contribution in [3.8, 4) is 0 Å². The van der Waals surface area contributed by atoms with Crippen LogP contribution in [-0.2, 0) is 17.8 Å². The quantitative estimate of drug-likeness (QED) is 0.361. The van der Waals surface area contributed by atoms with E-state index in [1.165, 1.54) is 5.56 Å². The molecule has 162 valence electrons. The van der Waals surface area contributed by atoms with Gasteiger partial charge in [-0.2, -0.15) is 0 Å². The largest absolute Gasteiger partial charge is 0.480 e. The van der Waals surface area contributed by atoms with E-state index >= 15 is 0 Å². The highest BCUT2D eigenvalue weighted by Gasteiger charge is 2.17. The molecule has 0 heterocycles. The van der Waals surface area contributed by atoms with Gasteiger partial charge in [-0.15, -0.1) is 0 Å². The number of aliphatic carboxylic acids is 1. The number of benzene rings is 1. The molecule has 8 heteroatoms. The number of carbonyl (C=O) groups excluding carboxylic acids is 2. The van der Waals surface area contributed by atoms with E-state index < -0.39 is 18.0 Å². The Hall–Kier alpha value is -2.77. The van der Waals surface area contributed by atoms with Crippen LogP contribution in [0.15, 0.2) is 24.3 Å². The second-order valence-corrected chi connectivity index (χ2v) is 8.41. The summed E-state index contributed by atoms with van der Waals surface area (Å²) in [6.45, 7) is 7.57. The number of urea groups is 2. The molecule has 1 aromatic rings. The van der Waals surface area contributed by atoms with E-state index in [0.29, 0.717) is 25.9 Å². The summed E-state index contributed by atoms with van der Waals surface area (Å²) in [5.74, 6) is -1.10. The summed E-state index contributed by atoms with van der Waals surface area (Å²) in [6.07, 6.45) is 3.38. The Morgan fingerprint density at radius 2 is 1.62 bits per heavy atom. The lowest BCUT2D eigenvalue weighted by Crippen LogP contribution is -2.43. The van der Waals surface area contributed by atoms with Crippen LogP contribution in [0.5, 0.6) is 0 Å². The van der Waals surface area contributed by atoms with Gasteiger partial charge in [0.2, 0.25) is 0 Å². The summed E-state index contributed by atoms with van der Waals surface area (Å²) in [6, 6.07) is 6.19. The third-order valence-electron chi connectivity index (χ3n) is 4.28. The first-order valence-corrected chi connectivity index (χ1v) is 9.95. The van der Waals surface area contributed by atoms with Crippen LogP contribution in [0.3, 0.4) is 0 Å². The van der Waals surface area contributed by atoms with Crippen molar-refractivity contribution in [1.29, 1.82) is 0 Å². The first-order chi connectivity index (χ1) is 13.6. The van der Waals surface area contributed by atoms with E-state index in [2.05, 4.69) is 48.9 Å². The number of carboxylic acids is 1. The highest BCUT2D eigenvalue weighted by Crippen LogP contribution is 2.20. The van der Waals surface area contributed by atoms with Crippen LogP contribution < -0.4 is 21.7 Å². The molecule has 29 heavy (non-hydrogen) atoms. The maximum atomic E-state index is 11.9. The lowest BCUT2D eigenvalue weighted by molar-refractivity contribution is -0.139. The topological polar surface area (TPSA) is 134 Å². The molecule has 1 rings (SSSR count). The van der Waals surface area contributed by atoms with Crippen molar-refractivity contribution in [2.75, 3.05) is 6.54 Å². The molecule has 0 aromatic heterocycles. The van der Waals surface area contributed by atoms with Crippen LogP contribution in [-0.4, -0.2) is 35.7 Å². The van der Waals surface area contributed by atoms with E-state index in [-0.39, 0.29) is 11.4 Å². The molecule has 0 aliphatic rings. The Morgan fingerprint density at radius 1 is 1.00 bits per heavy atom. The smallest absolute Gasteiger partial charge is 0.326 e. The molecule has 8 nitrogen and oxygen atoms in total. The van der Waals surface area contributed by atoms with Crippen LogP contribution in [0.1, 0.15) is 57.6 Å². The second-order valence-electron chi connectivity index (χ2n) is 8.41. The molecule has 0 saturated heterocycles. The minimum absolute atomic E-state index is 0.234. The fourth-order valence-electron chi connectivity index (χ4n) is 2.91. The molecular formula is C21H34N4O4. The number of carbonyl (C=O) groups is 3. The standard InChI is InChI=1S/C21H34N4O4/c1-21(2,3)13-15-8-10-16(11-9-15)14-24-20(29)23-12-6-4-5-7-17(18(26)27)25-19(22)28/h8-11,17H,4-7,12-14H2,1-3H3,(H,26,27)(H3,22,25,28)(H2,23,24,29)/t17-/m0/s1. The molecule has 6 N–H and O–H groups in total. The summed E-state index contributed by atoms with van der Waals surface area (Å²) >= 11 is 0. The molecule has 4 amide bonds. The summed E-state index contributed by atoms with van der Waals surface area (Å²) in [5, 5.41) is 16.8. The highest BCUT2D eigenvalue weighted by atomic mass is 16.4. The third kappa shape index (κ3) is 11.6. The first kappa shape index (κ1) is 24.3. The zero-order valence-corrected chi connectivity index (χ0v) is 17.6. The van der Waals surface area contributed by atoms with Crippen LogP contribution in [0.4, 0.5) is 9.59 Å². The van der Waals surface area contributed by atoms with Gasteiger partial charge in [0, 0.05) is 13.1 Å².